The van der Waals surface area contributed by atoms with Gasteiger partial charge >= 0.3 is 12.1 Å². The maximum Gasteiger partial charge on any atom is 0.407 e. The van der Waals surface area contributed by atoms with Crippen molar-refractivity contribution in [3.8, 4) is 11.1 Å². The third kappa shape index (κ3) is 8.35. The highest BCUT2D eigenvalue weighted by atomic mass is 19.1. The predicted molar refractivity (Wildman–Crippen MR) is 275 cm³/mol. The van der Waals surface area contributed by atoms with Crippen molar-refractivity contribution in [3.05, 3.63) is 119 Å². The number of fused-ring (bicyclic) bond motifs is 10. The minimum absolute atomic E-state index is 0.0179. The Kier molecular flexibility index (Phi) is 12.7. The second kappa shape index (κ2) is 18.6. The molecule has 15 nitrogen and oxygen atoms in total. The van der Waals surface area contributed by atoms with Gasteiger partial charge in [0, 0.05) is 40.2 Å². The van der Waals surface area contributed by atoms with Gasteiger partial charge in [-0.05, 0) is 137 Å². The standard InChI is InChI=1S/C60H68FN3O12/c1-54(2,3)75-50(70)21-20-45(63-49(69)28-62-53(72)73-30-42-40-12-8-6-10-38(40)39-11-7-9-13-41(39)42)51(71)64-58-31-57(32-58,33-58)26-34-14-16-35(17-15-34)52-74-48-25-44-43-19-18-36-24-37(66)22-23-55(36,4)59(43,61)46(67)27-56(44,5)60(48,76-52)47(68)29-65/h6-17,22-24,42-46,48,52,65,67H,18-21,25-33H2,1-5H3,(H,62,72)(H,63,69)(H,64,71)/t43-,44-,45-,46-,48+,52+,55-,56-,57?,58?,59-,60+/m0/s1. The average Bonchev–Trinajstić information content (AvgIpc) is 4.17. The van der Waals surface area contributed by atoms with Crippen LogP contribution in [0.3, 0.4) is 0 Å². The first kappa shape index (κ1) is 52.0. The van der Waals surface area contributed by atoms with Gasteiger partial charge in [-0.1, -0.05) is 91.4 Å². The van der Waals surface area contributed by atoms with Crippen molar-refractivity contribution in [1.82, 2.24) is 16.0 Å². The lowest BCUT2D eigenvalue weighted by atomic mass is 9.38. The second-order valence-corrected chi connectivity index (χ2v) is 24.5. The summed E-state index contributed by atoms with van der Waals surface area (Å²) in [6, 6.07) is 22.6. The molecule has 76 heavy (non-hydrogen) atoms. The van der Waals surface area contributed by atoms with Crippen LogP contribution in [0.1, 0.15) is 127 Å². The van der Waals surface area contributed by atoms with Crippen molar-refractivity contribution in [3.63, 3.8) is 0 Å². The summed E-state index contributed by atoms with van der Waals surface area (Å²) in [6.45, 7) is 7.68. The summed E-state index contributed by atoms with van der Waals surface area (Å²) in [7, 11) is 0. The molecule has 1 aliphatic heterocycles. The molecule has 2 bridgehead atoms. The Balaban J connectivity index is 0.695. The maximum atomic E-state index is 17.8. The van der Waals surface area contributed by atoms with Gasteiger partial charge in [-0.3, -0.25) is 24.0 Å². The molecule has 7 fully saturated rings. The molecule has 402 valence electrons. The van der Waals surface area contributed by atoms with E-state index < -0.39 is 112 Å². The van der Waals surface area contributed by atoms with Gasteiger partial charge in [0.2, 0.25) is 11.8 Å². The molecular formula is C60H68FN3O12. The number of ketones is 2. The number of aliphatic hydroxyl groups is 2. The molecule has 1 heterocycles. The number of nitrogens with one attached hydrogen (secondary N) is 3. The van der Waals surface area contributed by atoms with E-state index in [1.165, 1.54) is 12.2 Å². The third-order valence-electron chi connectivity index (χ3n) is 18.7. The number of ether oxygens (including phenoxy) is 4. The Morgan fingerprint density at radius 1 is 0.921 bits per heavy atom. The number of halogens is 1. The largest absolute Gasteiger partial charge is 0.460 e. The molecule has 0 unspecified atom stereocenters. The zero-order chi connectivity index (χ0) is 53.8. The van der Waals surface area contributed by atoms with E-state index in [1.54, 1.807) is 33.8 Å². The van der Waals surface area contributed by atoms with E-state index in [2.05, 4.69) is 16.0 Å². The predicted octanol–water partition coefficient (Wildman–Crippen LogP) is 7.11. The van der Waals surface area contributed by atoms with E-state index in [0.717, 1.165) is 34.2 Å². The van der Waals surface area contributed by atoms with Gasteiger partial charge in [-0.25, -0.2) is 9.18 Å². The highest BCUT2D eigenvalue weighted by Crippen LogP contribution is 2.73. The van der Waals surface area contributed by atoms with E-state index in [1.807, 2.05) is 79.7 Å². The van der Waals surface area contributed by atoms with Gasteiger partial charge in [0.1, 0.15) is 31.4 Å². The van der Waals surface area contributed by atoms with E-state index >= 15 is 4.39 Å². The Bertz CT molecular complexity index is 2900. The van der Waals surface area contributed by atoms with Crippen LogP contribution in [0.25, 0.3) is 11.1 Å². The number of carbonyl (C=O) groups excluding carboxylic acids is 6. The van der Waals surface area contributed by atoms with Gasteiger partial charge in [-0.2, -0.15) is 0 Å². The molecule has 9 aliphatic rings. The number of carbonyl (C=O) groups is 6. The molecular weight excluding hydrogens is 974 g/mol. The monoisotopic (exact) mass is 1040 g/mol. The second-order valence-electron chi connectivity index (χ2n) is 24.5. The van der Waals surface area contributed by atoms with Crippen LogP contribution in [0.4, 0.5) is 9.18 Å². The van der Waals surface area contributed by atoms with Crippen LogP contribution >= 0.6 is 0 Å². The number of alkyl halides is 1. The van der Waals surface area contributed by atoms with Gasteiger partial charge in [0.15, 0.2) is 29.1 Å². The number of allylic oxidation sites excluding steroid dienone is 4. The molecule has 3 amide bonds. The Morgan fingerprint density at radius 3 is 2.25 bits per heavy atom. The zero-order valence-corrected chi connectivity index (χ0v) is 43.7. The van der Waals surface area contributed by atoms with E-state index in [-0.39, 0.29) is 43.0 Å². The fraction of sp³-hybridized carbons (Fsp3) is 0.533. The first-order valence-corrected chi connectivity index (χ1v) is 26.8. The molecule has 0 radical (unpaired) electrons. The summed E-state index contributed by atoms with van der Waals surface area (Å²) in [4.78, 5) is 79.3. The smallest absolute Gasteiger partial charge is 0.407 e. The quantitative estimate of drug-likeness (QED) is 0.0964. The zero-order valence-electron chi connectivity index (χ0n) is 43.7. The number of rotatable bonds is 15. The molecule has 0 spiro atoms. The molecule has 0 aromatic heterocycles. The van der Waals surface area contributed by atoms with Crippen LogP contribution in [0.2, 0.25) is 0 Å². The minimum atomic E-state index is -2.10. The fourth-order valence-corrected chi connectivity index (χ4v) is 15.6. The summed E-state index contributed by atoms with van der Waals surface area (Å²) in [5.41, 5.74) is -0.573. The normalized spacial score (nSPS) is 34.6. The number of alkyl carbamates (subject to hydrolysis) is 1. The summed E-state index contributed by atoms with van der Waals surface area (Å²) in [6.07, 6.45) is 4.26. The molecule has 16 heteroatoms. The fourth-order valence-electron chi connectivity index (χ4n) is 15.6. The van der Waals surface area contributed by atoms with Crippen LogP contribution < -0.4 is 16.0 Å². The number of esters is 1. The molecule has 5 N–H and O–H groups in total. The molecule has 3 aromatic carbocycles. The van der Waals surface area contributed by atoms with Gasteiger partial charge in [0.05, 0.1) is 12.2 Å². The Hall–Kier alpha value is -6.07. The molecule has 8 aliphatic carbocycles. The molecule has 3 aromatic rings. The van der Waals surface area contributed by atoms with Crippen LogP contribution in [0.15, 0.2) is 96.6 Å². The van der Waals surface area contributed by atoms with Crippen molar-refractivity contribution in [2.45, 2.75) is 152 Å². The topological polar surface area (TPSA) is 216 Å². The van der Waals surface area contributed by atoms with Gasteiger partial charge in [0.25, 0.3) is 0 Å². The number of Topliss-reactive ketones (excluding diaryl/α,β-unsaturated/α-hetero) is 1. The average molecular weight is 1040 g/mol. The Morgan fingerprint density at radius 2 is 1.59 bits per heavy atom. The SMILES string of the molecule is CC(C)(C)OC(=O)CC[C@H](NC(=O)CNC(=O)OCC1c2ccccc2-c2ccccc21)C(=O)NC12CC(Cc3ccc([C@@H]4O[C@@H]5C[C@H]6[C@@H]7CCC8=CC(=O)C=C[C@]8(C)[C@@]7(F)[C@@H](O)C[C@]6(C)[C@]5(C(=O)CO)O4)cc3)(C1)C2. The van der Waals surface area contributed by atoms with Crippen LogP contribution in [-0.2, 0) is 49.3 Å². The lowest BCUT2D eigenvalue weighted by Gasteiger charge is -2.71. The number of amides is 3. The van der Waals surface area contributed by atoms with Crippen LogP contribution in [0, 0.1) is 28.1 Å². The highest BCUT2D eigenvalue weighted by molar-refractivity contribution is 6.01. The van der Waals surface area contributed by atoms with Crippen molar-refractivity contribution in [2.24, 2.45) is 28.1 Å². The van der Waals surface area contributed by atoms with E-state index in [9.17, 15) is 39.0 Å². The number of aliphatic hydroxyl groups excluding tert-OH is 2. The van der Waals surface area contributed by atoms with Crippen molar-refractivity contribution >= 4 is 35.4 Å². The van der Waals surface area contributed by atoms with Gasteiger partial charge in [-0.15, -0.1) is 0 Å². The summed E-state index contributed by atoms with van der Waals surface area (Å²) >= 11 is 0. The maximum absolute atomic E-state index is 17.8. The number of benzene rings is 3. The first-order chi connectivity index (χ1) is 36.0. The Labute approximate surface area is 441 Å². The first-order valence-electron chi connectivity index (χ1n) is 26.8. The number of hydrogen-bond acceptors (Lipinski definition) is 12. The van der Waals surface area contributed by atoms with Crippen molar-refractivity contribution < 1.29 is 62.3 Å². The third-order valence-corrected chi connectivity index (χ3v) is 18.7. The highest BCUT2D eigenvalue weighted by Gasteiger charge is 2.79. The van der Waals surface area contributed by atoms with Crippen LogP contribution in [0.5, 0.6) is 0 Å². The van der Waals surface area contributed by atoms with Crippen molar-refractivity contribution in [1.29, 1.82) is 0 Å². The van der Waals surface area contributed by atoms with E-state index in [4.69, 9.17) is 18.9 Å². The minimum Gasteiger partial charge on any atom is -0.460 e. The molecule has 10 atom stereocenters. The van der Waals surface area contributed by atoms with E-state index in [0.29, 0.717) is 49.7 Å². The van der Waals surface area contributed by atoms with Crippen LogP contribution in [-0.4, -0.2) is 106 Å². The molecule has 1 saturated heterocycles. The van der Waals surface area contributed by atoms with Gasteiger partial charge < -0.3 is 45.1 Å². The molecule has 12 rings (SSSR count). The summed E-state index contributed by atoms with van der Waals surface area (Å²) in [5, 5.41) is 30.7. The van der Waals surface area contributed by atoms with Crippen molar-refractivity contribution in [2.75, 3.05) is 19.8 Å². The summed E-state index contributed by atoms with van der Waals surface area (Å²) in [5.74, 6) is -3.55. The summed E-state index contributed by atoms with van der Waals surface area (Å²) < 4.78 is 42.3. The lowest BCUT2D eigenvalue weighted by molar-refractivity contribution is -0.231. The lowest BCUT2D eigenvalue weighted by Crippen LogP contribution is -2.76. The number of hydrogen-bond donors (Lipinski definition) is 5. The molecule has 6 saturated carbocycles.